The van der Waals surface area contributed by atoms with Crippen LogP contribution in [0.4, 0.5) is 10.1 Å². The maximum atomic E-state index is 13.2. The van der Waals surface area contributed by atoms with Gasteiger partial charge in [0.25, 0.3) is 5.91 Å². The second-order valence-corrected chi connectivity index (χ2v) is 5.89. The first-order valence-corrected chi connectivity index (χ1v) is 7.43. The Balaban J connectivity index is 1.74. The van der Waals surface area contributed by atoms with E-state index < -0.39 is 17.3 Å². The van der Waals surface area contributed by atoms with Crippen LogP contribution >= 0.6 is 11.6 Å². The van der Waals surface area contributed by atoms with Gasteiger partial charge in [0.15, 0.2) is 0 Å². The molecule has 0 radical (unpaired) electrons. The van der Waals surface area contributed by atoms with Gasteiger partial charge in [0, 0.05) is 22.7 Å². The van der Waals surface area contributed by atoms with E-state index in [0.717, 1.165) is 5.56 Å². The number of nitrogens with one attached hydrogen (secondary N) is 1. The molecule has 0 bridgehead atoms. The van der Waals surface area contributed by atoms with Crippen molar-refractivity contribution in [3.8, 4) is 0 Å². The summed E-state index contributed by atoms with van der Waals surface area (Å²) in [5.41, 5.74) is 0.538. The molecule has 0 saturated carbocycles. The first-order valence-electron chi connectivity index (χ1n) is 7.05. The summed E-state index contributed by atoms with van der Waals surface area (Å²) in [5.74, 6) is -0.817. The zero-order chi connectivity index (χ0) is 16.4. The molecular formula is C17H14ClFN2O2. The third-order valence-corrected chi connectivity index (χ3v) is 3.94. The van der Waals surface area contributed by atoms with Crippen molar-refractivity contribution in [3.63, 3.8) is 0 Å². The minimum atomic E-state index is -1.17. The van der Waals surface area contributed by atoms with Crippen LogP contribution in [0.15, 0.2) is 53.7 Å². The van der Waals surface area contributed by atoms with E-state index in [1.165, 1.54) is 18.2 Å². The normalized spacial score (nSPS) is 19.9. The van der Waals surface area contributed by atoms with Gasteiger partial charge in [-0.2, -0.15) is 0 Å². The van der Waals surface area contributed by atoms with E-state index in [4.69, 9.17) is 16.4 Å². The molecule has 1 unspecified atom stereocenters. The van der Waals surface area contributed by atoms with Crippen LogP contribution < -0.4 is 5.32 Å². The molecule has 0 saturated heterocycles. The number of carbonyl (C=O) groups is 1. The molecule has 3 rings (SSSR count). The third-order valence-electron chi connectivity index (χ3n) is 3.61. The van der Waals surface area contributed by atoms with Crippen molar-refractivity contribution in [3.05, 3.63) is 64.9 Å². The highest BCUT2D eigenvalue weighted by molar-refractivity contribution is 6.34. The molecule has 0 aliphatic carbocycles. The van der Waals surface area contributed by atoms with Crippen molar-refractivity contribution in [2.24, 2.45) is 5.16 Å². The fourth-order valence-electron chi connectivity index (χ4n) is 2.33. The van der Waals surface area contributed by atoms with E-state index in [1.807, 2.05) is 18.2 Å². The molecule has 1 heterocycles. The smallest absolute Gasteiger partial charge is 0.271 e. The Morgan fingerprint density at radius 3 is 2.83 bits per heavy atom. The number of hydrogen-bond donors (Lipinski definition) is 1. The zero-order valence-corrected chi connectivity index (χ0v) is 13.1. The molecular weight excluding hydrogens is 319 g/mol. The molecule has 0 aromatic heterocycles. The number of anilines is 1. The number of rotatable bonds is 3. The maximum absolute atomic E-state index is 13.2. The summed E-state index contributed by atoms with van der Waals surface area (Å²) in [4.78, 5) is 17.8. The predicted molar refractivity (Wildman–Crippen MR) is 87.1 cm³/mol. The summed E-state index contributed by atoms with van der Waals surface area (Å²) in [5, 5.41) is 7.19. The third kappa shape index (κ3) is 3.19. The highest BCUT2D eigenvalue weighted by Crippen LogP contribution is 2.30. The monoisotopic (exact) mass is 332 g/mol. The van der Waals surface area contributed by atoms with Crippen LogP contribution in [-0.4, -0.2) is 17.2 Å². The molecule has 6 heteroatoms. The second-order valence-electron chi connectivity index (χ2n) is 5.48. The summed E-state index contributed by atoms with van der Waals surface area (Å²) in [7, 11) is 0. The molecule has 2 aromatic rings. The maximum Gasteiger partial charge on any atom is 0.271 e. The van der Waals surface area contributed by atoms with Gasteiger partial charge in [0.05, 0.1) is 5.71 Å². The average molecular weight is 333 g/mol. The van der Waals surface area contributed by atoms with E-state index in [2.05, 4.69) is 10.5 Å². The van der Waals surface area contributed by atoms with Gasteiger partial charge >= 0.3 is 0 Å². The summed E-state index contributed by atoms with van der Waals surface area (Å²) >= 11 is 6.15. The van der Waals surface area contributed by atoms with Crippen molar-refractivity contribution in [1.29, 1.82) is 0 Å². The molecule has 0 spiro atoms. The van der Waals surface area contributed by atoms with Crippen LogP contribution in [0.3, 0.4) is 0 Å². The minimum Gasteiger partial charge on any atom is -0.379 e. The van der Waals surface area contributed by atoms with Crippen LogP contribution in [0.1, 0.15) is 18.9 Å². The van der Waals surface area contributed by atoms with Gasteiger partial charge in [-0.3, -0.25) is 4.79 Å². The fraction of sp³-hybridized carbons (Fsp3) is 0.176. The second kappa shape index (κ2) is 6.01. The molecule has 1 atom stereocenters. The number of halogens is 2. The van der Waals surface area contributed by atoms with Gasteiger partial charge in [-0.1, -0.05) is 41.0 Å². The summed E-state index contributed by atoms with van der Waals surface area (Å²) < 4.78 is 13.2. The van der Waals surface area contributed by atoms with E-state index in [1.54, 1.807) is 19.1 Å². The van der Waals surface area contributed by atoms with E-state index in [-0.39, 0.29) is 6.42 Å². The van der Waals surface area contributed by atoms with Gasteiger partial charge in [0.2, 0.25) is 5.60 Å². The standard InChI is InChI=1S/C17H14ClFN2O2/c1-17(16(22)20-12-6-4-5-11(19)9-12)10-15(21-23-17)13-7-2-3-8-14(13)18/h2-9H,10H2,1H3,(H,20,22). The molecule has 0 fully saturated rings. The first-order chi connectivity index (χ1) is 11.0. The molecule has 1 aliphatic heterocycles. The van der Waals surface area contributed by atoms with Crippen LogP contribution in [0, 0.1) is 5.82 Å². The Hall–Kier alpha value is -2.40. The number of amides is 1. The number of nitrogens with zero attached hydrogens (tertiary/aromatic N) is 1. The quantitative estimate of drug-likeness (QED) is 0.923. The van der Waals surface area contributed by atoms with Gasteiger partial charge in [-0.05, 0) is 31.2 Å². The Morgan fingerprint density at radius 1 is 1.30 bits per heavy atom. The average Bonchev–Trinajstić information content (AvgIpc) is 2.91. The van der Waals surface area contributed by atoms with Gasteiger partial charge in [-0.15, -0.1) is 0 Å². The number of hydrogen-bond acceptors (Lipinski definition) is 3. The molecule has 23 heavy (non-hydrogen) atoms. The summed E-state index contributed by atoms with van der Waals surface area (Å²) in [6, 6.07) is 12.9. The lowest BCUT2D eigenvalue weighted by Crippen LogP contribution is -2.40. The number of benzene rings is 2. The van der Waals surface area contributed by atoms with Crippen LogP contribution in [0.5, 0.6) is 0 Å². The largest absolute Gasteiger partial charge is 0.379 e. The van der Waals surface area contributed by atoms with Gasteiger partial charge < -0.3 is 10.2 Å². The molecule has 4 nitrogen and oxygen atoms in total. The predicted octanol–water partition coefficient (Wildman–Crippen LogP) is 4.00. The van der Waals surface area contributed by atoms with E-state index in [9.17, 15) is 9.18 Å². The summed E-state index contributed by atoms with van der Waals surface area (Å²) in [6.45, 7) is 1.63. The van der Waals surface area contributed by atoms with Crippen LogP contribution in [-0.2, 0) is 9.63 Å². The SMILES string of the molecule is CC1(C(=O)Nc2cccc(F)c2)CC(c2ccccc2Cl)=NO1. The highest BCUT2D eigenvalue weighted by Gasteiger charge is 2.42. The van der Waals surface area contributed by atoms with E-state index >= 15 is 0 Å². The Kier molecular flexibility index (Phi) is 4.05. The summed E-state index contributed by atoms with van der Waals surface area (Å²) in [6.07, 6.45) is 0.276. The van der Waals surface area contributed by atoms with Gasteiger partial charge in [-0.25, -0.2) is 4.39 Å². The first kappa shape index (κ1) is 15.5. The Morgan fingerprint density at radius 2 is 2.09 bits per heavy atom. The Labute approximate surface area is 137 Å². The van der Waals surface area contributed by atoms with Crippen molar-refractivity contribution in [1.82, 2.24) is 0 Å². The molecule has 1 aliphatic rings. The molecule has 1 N–H and O–H groups in total. The topological polar surface area (TPSA) is 50.7 Å². The zero-order valence-electron chi connectivity index (χ0n) is 12.3. The van der Waals surface area contributed by atoms with Crippen molar-refractivity contribution in [2.45, 2.75) is 18.9 Å². The lowest BCUT2D eigenvalue weighted by atomic mass is 9.95. The lowest BCUT2D eigenvalue weighted by molar-refractivity contribution is -0.135. The lowest BCUT2D eigenvalue weighted by Gasteiger charge is -2.20. The number of oxime groups is 1. The van der Waals surface area contributed by atoms with Crippen molar-refractivity contribution in [2.75, 3.05) is 5.32 Å². The van der Waals surface area contributed by atoms with Crippen molar-refractivity contribution >= 4 is 28.9 Å². The van der Waals surface area contributed by atoms with E-state index in [0.29, 0.717) is 16.4 Å². The van der Waals surface area contributed by atoms with Gasteiger partial charge in [0.1, 0.15) is 5.82 Å². The molecule has 118 valence electrons. The minimum absolute atomic E-state index is 0.276. The molecule has 1 amide bonds. The number of carbonyl (C=O) groups excluding carboxylic acids is 1. The fourth-order valence-corrected chi connectivity index (χ4v) is 2.58. The molecule has 2 aromatic carbocycles. The van der Waals surface area contributed by atoms with Crippen molar-refractivity contribution < 1.29 is 14.0 Å². The highest BCUT2D eigenvalue weighted by atomic mass is 35.5. The Bertz CT molecular complexity index is 794. The van der Waals surface area contributed by atoms with Crippen LogP contribution in [0.25, 0.3) is 0 Å². The van der Waals surface area contributed by atoms with Crippen LogP contribution in [0.2, 0.25) is 5.02 Å².